The summed E-state index contributed by atoms with van der Waals surface area (Å²) < 4.78 is 5.14. The van der Waals surface area contributed by atoms with E-state index >= 15 is 0 Å². The van der Waals surface area contributed by atoms with Crippen LogP contribution >= 0.6 is 12.2 Å². The number of piperazine rings is 1. The summed E-state index contributed by atoms with van der Waals surface area (Å²) in [5.74, 6) is -1.17. The van der Waals surface area contributed by atoms with Crippen molar-refractivity contribution in [3.05, 3.63) is 42.0 Å². The Morgan fingerprint density at radius 3 is 2.82 bits per heavy atom. The van der Waals surface area contributed by atoms with Gasteiger partial charge in [-0.25, -0.2) is 0 Å². The van der Waals surface area contributed by atoms with Crippen LogP contribution in [0.3, 0.4) is 0 Å². The van der Waals surface area contributed by atoms with Crippen LogP contribution in [0.1, 0.15) is 31.7 Å². The molecule has 0 saturated carbocycles. The number of thiocarbonyl (C=S) groups is 1. The number of ether oxygens (including phenoxy) is 1. The lowest BCUT2D eigenvalue weighted by Crippen LogP contribution is -2.60. The minimum Gasteiger partial charge on any atom is -0.466 e. The van der Waals surface area contributed by atoms with E-state index in [9.17, 15) is 14.4 Å². The fraction of sp³-hybridized carbons (Fsp3) is 0.400. The molecule has 1 aromatic rings. The largest absolute Gasteiger partial charge is 0.466 e. The first-order valence-corrected chi connectivity index (χ1v) is 9.70. The van der Waals surface area contributed by atoms with E-state index in [-0.39, 0.29) is 17.4 Å². The Bertz CT molecular complexity index is 736. The number of unbranched alkanes of at least 4 members (excludes halogenated alkanes) is 1. The maximum absolute atomic E-state index is 12.2. The maximum atomic E-state index is 12.2. The Morgan fingerprint density at radius 1 is 1.36 bits per heavy atom. The third-order valence-corrected chi connectivity index (χ3v) is 4.51. The highest BCUT2D eigenvalue weighted by Gasteiger charge is 2.34. The van der Waals surface area contributed by atoms with Gasteiger partial charge in [-0.2, -0.15) is 0 Å². The van der Waals surface area contributed by atoms with Crippen LogP contribution in [0.15, 0.2) is 36.4 Å². The highest BCUT2D eigenvalue weighted by molar-refractivity contribution is 7.80. The predicted molar refractivity (Wildman–Crippen MR) is 110 cm³/mol. The first-order valence-electron chi connectivity index (χ1n) is 9.29. The topological polar surface area (TPSA) is 87.7 Å². The Morgan fingerprint density at radius 2 is 2.11 bits per heavy atom. The molecule has 1 aliphatic heterocycles. The molecule has 2 N–H and O–H groups in total. The molecule has 1 fully saturated rings. The van der Waals surface area contributed by atoms with E-state index in [2.05, 4.69) is 10.6 Å². The summed E-state index contributed by atoms with van der Waals surface area (Å²) in [6, 6.07) is 8.58. The zero-order valence-corrected chi connectivity index (χ0v) is 16.7. The second kappa shape index (κ2) is 11.2. The summed E-state index contributed by atoms with van der Waals surface area (Å²) in [5.41, 5.74) is 0.883. The number of benzene rings is 1. The van der Waals surface area contributed by atoms with Crippen LogP contribution < -0.4 is 10.6 Å². The summed E-state index contributed by atoms with van der Waals surface area (Å²) in [7, 11) is 0. The number of carbonyl (C=O) groups excluding carboxylic acids is 3. The van der Waals surface area contributed by atoms with Crippen LogP contribution in [-0.4, -0.2) is 53.5 Å². The fourth-order valence-corrected chi connectivity index (χ4v) is 2.98. The molecule has 0 aromatic heterocycles. The molecule has 0 radical (unpaired) electrons. The van der Waals surface area contributed by atoms with Gasteiger partial charge in [0.15, 0.2) is 5.11 Å². The summed E-state index contributed by atoms with van der Waals surface area (Å²) >= 11 is 5.30. The number of rotatable bonds is 7. The quantitative estimate of drug-likeness (QED) is 0.311. The van der Waals surface area contributed by atoms with Gasteiger partial charge in [-0.1, -0.05) is 43.7 Å². The van der Waals surface area contributed by atoms with Gasteiger partial charge in [-0.3, -0.25) is 19.7 Å². The number of hydrogen-bond acceptors (Lipinski definition) is 5. The first kappa shape index (κ1) is 21.6. The normalized spacial score (nSPS) is 16.5. The van der Waals surface area contributed by atoms with Gasteiger partial charge in [0.25, 0.3) is 0 Å². The van der Waals surface area contributed by atoms with Gasteiger partial charge in [0.05, 0.1) is 13.0 Å². The number of nitrogens with zero attached hydrogens (tertiary/aromatic N) is 1. The number of hydrogen-bond donors (Lipinski definition) is 2. The van der Waals surface area contributed by atoms with E-state index in [0.29, 0.717) is 19.7 Å². The van der Waals surface area contributed by atoms with Gasteiger partial charge in [0.1, 0.15) is 6.04 Å². The van der Waals surface area contributed by atoms with E-state index in [0.717, 1.165) is 18.4 Å². The van der Waals surface area contributed by atoms with E-state index in [1.807, 2.05) is 37.3 Å². The number of nitrogens with one attached hydrogen (secondary N) is 2. The second-order valence-corrected chi connectivity index (χ2v) is 6.70. The number of esters is 1. The van der Waals surface area contributed by atoms with Crippen LogP contribution in [0.2, 0.25) is 0 Å². The van der Waals surface area contributed by atoms with Gasteiger partial charge in [-0.15, -0.1) is 0 Å². The molecule has 2 rings (SSSR count). The minimum atomic E-state index is -0.797. The third-order valence-electron chi connectivity index (χ3n) is 4.17. The van der Waals surface area contributed by atoms with Gasteiger partial charge in [-0.05, 0) is 30.3 Å². The number of amides is 2. The third kappa shape index (κ3) is 6.77. The maximum Gasteiger partial charge on any atom is 0.308 e. The standard InChI is InChI=1S/C20H25N3O4S/c1-2-3-13-27-18(25)14-16-19(26)21-11-12-23(16)20(28)22-17(24)10-9-15-7-5-4-6-8-15/h4-10,16H,2-3,11-14H2,1H3,(H,21,26)(H,22,24,28). The van der Waals surface area contributed by atoms with E-state index in [1.54, 1.807) is 11.0 Å². The highest BCUT2D eigenvalue weighted by Crippen LogP contribution is 2.11. The zero-order chi connectivity index (χ0) is 20.4. The lowest BCUT2D eigenvalue weighted by molar-refractivity contribution is -0.147. The highest BCUT2D eigenvalue weighted by atomic mass is 32.1. The Kier molecular flexibility index (Phi) is 8.61. The predicted octanol–water partition coefficient (Wildman–Crippen LogP) is 1.63. The monoisotopic (exact) mass is 403 g/mol. The number of carbonyl (C=O) groups is 3. The summed E-state index contributed by atoms with van der Waals surface area (Å²) in [4.78, 5) is 37.9. The van der Waals surface area contributed by atoms with Crippen molar-refractivity contribution in [3.63, 3.8) is 0 Å². The average molecular weight is 404 g/mol. The van der Waals surface area contributed by atoms with Crippen molar-refractivity contribution in [1.29, 1.82) is 0 Å². The first-order chi connectivity index (χ1) is 13.5. The lowest BCUT2D eigenvalue weighted by Gasteiger charge is -2.36. The Hall–Kier alpha value is -2.74. The van der Waals surface area contributed by atoms with Crippen LogP contribution in [0.5, 0.6) is 0 Å². The second-order valence-electron chi connectivity index (χ2n) is 6.32. The molecule has 1 atom stereocenters. The van der Waals surface area contributed by atoms with E-state index in [1.165, 1.54) is 6.08 Å². The van der Waals surface area contributed by atoms with Crippen LogP contribution in [-0.2, 0) is 19.1 Å². The molecule has 1 saturated heterocycles. The fourth-order valence-electron chi connectivity index (χ4n) is 2.66. The van der Waals surface area contributed by atoms with Crippen molar-refractivity contribution in [2.75, 3.05) is 19.7 Å². The Balaban J connectivity index is 1.94. The molecule has 0 aliphatic carbocycles. The zero-order valence-electron chi connectivity index (χ0n) is 15.8. The summed E-state index contributed by atoms with van der Waals surface area (Å²) in [6.45, 7) is 3.11. The molecular formula is C20H25N3O4S. The molecule has 1 heterocycles. The van der Waals surface area contributed by atoms with Crippen molar-refractivity contribution >= 4 is 41.2 Å². The van der Waals surface area contributed by atoms with E-state index < -0.39 is 17.9 Å². The summed E-state index contributed by atoms with van der Waals surface area (Å²) in [5, 5.41) is 5.43. The SMILES string of the molecule is CCCCOC(=O)CC1C(=O)NCCN1C(=S)NC(=O)C=Cc1ccccc1. The van der Waals surface area contributed by atoms with Crippen molar-refractivity contribution in [1.82, 2.24) is 15.5 Å². The molecule has 1 aliphatic rings. The smallest absolute Gasteiger partial charge is 0.308 e. The van der Waals surface area contributed by atoms with Crippen molar-refractivity contribution in [2.24, 2.45) is 0 Å². The van der Waals surface area contributed by atoms with Crippen LogP contribution in [0.25, 0.3) is 6.08 Å². The minimum absolute atomic E-state index is 0.115. The molecule has 1 unspecified atom stereocenters. The molecule has 8 heteroatoms. The summed E-state index contributed by atoms with van der Waals surface area (Å²) in [6.07, 6.45) is 4.61. The molecule has 0 spiro atoms. The van der Waals surface area contributed by atoms with Gasteiger partial charge >= 0.3 is 5.97 Å². The van der Waals surface area contributed by atoms with Crippen LogP contribution in [0, 0.1) is 0 Å². The van der Waals surface area contributed by atoms with E-state index in [4.69, 9.17) is 17.0 Å². The van der Waals surface area contributed by atoms with Crippen molar-refractivity contribution in [2.45, 2.75) is 32.2 Å². The lowest BCUT2D eigenvalue weighted by atomic mass is 10.1. The molecule has 28 heavy (non-hydrogen) atoms. The van der Waals surface area contributed by atoms with Gasteiger partial charge in [0, 0.05) is 19.2 Å². The van der Waals surface area contributed by atoms with Crippen LogP contribution in [0.4, 0.5) is 0 Å². The molecule has 2 amide bonds. The molecular weight excluding hydrogens is 378 g/mol. The molecule has 7 nitrogen and oxygen atoms in total. The molecule has 1 aromatic carbocycles. The van der Waals surface area contributed by atoms with Gasteiger partial charge in [0.2, 0.25) is 11.8 Å². The van der Waals surface area contributed by atoms with Crippen molar-refractivity contribution in [3.8, 4) is 0 Å². The molecule has 0 bridgehead atoms. The molecule has 150 valence electrons. The van der Waals surface area contributed by atoms with Crippen molar-refractivity contribution < 1.29 is 19.1 Å². The van der Waals surface area contributed by atoms with Gasteiger partial charge < -0.3 is 15.0 Å². The Labute approximate surface area is 170 Å². The average Bonchev–Trinajstić information content (AvgIpc) is 2.69.